The minimum atomic E-state index is -0.823. The Bertz CT molecular complexity index is 570. The third kappa shape index (κ3) is 10.2. The van der Waals surface area contributed by atoms with Gasteiger partial charge in [-0.2, -0.15) is 0 Å². The Morgan fingerprint density at radius 2 is 1.65 bits per heavy atom. The van der Waals surface area contributed by atoms with Crippen LogP contribution in [0.15, 0.2) is 0 Å². The van der Waals surface area contributed by atoms with Crippen molar-refractivity contribution in [3.8, 4) is 0 Å². The highest BCUT2D eigenvalue weighted by molar-refractivity contribution is 8.00. The molecule has 0 aromatic rings. The number of primary amides is 1. The number of amides is 3. The highest BCUT2D eigenvalue weighted by atomic mass is 32.2. The quantitative estimate of drug-likeness (QED) is 0.280. The number of nitrogens with zero attached hydrogens (tertiary/aromatic N) is 3. The van der Waals surface area contributed by atoms with E-state index in [1.165, 1.54) is 21.6 Å². The molecular formula is C22H44N4O4S. The van der Waals surface area contributed by atoms with Gasteiger partial charge >= 0.3 is 0 Å². The molecule has 0 rings (SSSR count). The van der Waals surface area contributed by atoms with E-state index in [2.05, 4.69) is 18.7 Å². The monoisotopic (exact) mass is 460 g/mol. The lowest BCUT2D eigenvalue weighted by Gasteiger charge is -2.36. The Kier molecular flexibility index (Phi) is 14.1. The molecule has 0 saturated heterocycles. The summed E-state index contributed by atoms with van der Waals surface area (Å²) in [5, 5.41) is -0.701. The van der Waals surface area contributed by atoms with Crippen molar-refractivity contribution < 1.29 is 19.1 Å². The molecule has 2 atom stereocenters. The van der Waals surface area contributed by atoms with Gasteiger partial charge in [0.25, 0.3) is 5.91 Å². The molecular weight excluding hydrogens is 416 g/mol. The molecule has 0 aromatic heterocycles. The Morgan fingerprint density at radius 1 is 1.06 bits per heavy atom. The summed E-state index contributed by atoms with van der Waals surface area (Å²) in [7, 11) is 4.79. The van der Waals surface area contributed by atoms with Crippen LogP contribution in [-0.2, 0) is 19.1 Å². The first-order chi connectivity index (χ1) is 14.4. The Morgan fingerprint density at radius 3 is 2.10 bits per heavy atom. The lowest BCUT2D eigenvalue weighted by atomic mass is 9.97. The number of thioether (sulfide) groups is 1. The van der Waals surface area contributed by atoms with Gasteiger partial charge in [0.05, 0.1) is 5.60 Å². The van der Waals surface area contributed by atoms with Gasteiger partial charge in [-0.3, -0.25) is 14.4 Å². The van der Waals surface area contributed by atoms with Gasteiger partial charge in [-0.25, -0.2) is 0 Å². The lowest BCUT2D eigenvalue weighted by molar-refractivity contribution is -0.145. The van der Waals surface area contributed by atoms with Crippen LogP contribution in [0.1, 0.15) is 60.3 Å². The van der Waals surface area contributed by atoms with Crippen molar-refractivity contribution in [2.45, 2.75) is 77.3 Å². The molecule has 0 fully saturated rings. The average molecular weight is 461 g/mol. The van der Waals surface area contributed by atoms with Crippen molar-refractivity contribution in [3.05, 3.63) is 0 Å². The van der Waals surface area contributed by atoms with Crippen LogP contribution in [0.4, 0.5) is 0 Å². The maximum atomic E-state index is 13.4. The summed E-state index contributed by atoms with van der Waals surface area (Å²) < 4.78 is 5.43. The number of carbonyl (C=O) groups excluding carboxylic acids is 3. The SMILES string of the molecule is CCCC(=O)N(C)[C@H](SCCCN(CC)CC)C(=O)N(C)[C@@H](CC(C)(C)OC)C(N)=O. The van der Waals surface area contributed by atoms with E-state index in [1.807, 2.05) is 20.8 Å². The van der Waals surface area contributed by atoms with Gasteiger partial charge < -0.3 is 25.2 Å². The zero-order valence-electron chi connectivity index (χ0n) is 20.8. The van der Waals surface area contributed by atoms with Crippen LogP contribution in [0.3, 0.4) is 0 Å². The lowest BCUT2D eigenvalue weighted by Crippen LogP contribution is -2.54. The summed E-state index contributed by atoms with van der Waals surface area (Å²) in [6.07, 6.45) is 2.26. The Labute approximate surface area is 193 Å². The summed E-state index contributed by atoms with van der Waals surface area (Å²) in [6.45, 7) is 12.8. The predicted molar refractivity (Wildman–Crippen MR) is 128 cm³/mol. The van der Waals surface area contributed by atoms with Gasteiger partial charge in [0.15, 0.2) is 5.37 Å². The number of rotatable bonds is 16. The van der Waals surface area contributed by atoms with Crippen LogP contribution >= 0.6 is 11.8 Å². The fraction of sp³-hybridized carbons (Fsp3) is 0.864. The van der Waals surface area contributed by atoms with Crippen LogP contribution in [0, 0.1) is 0 Å². The number of hydrogen-bond acceptors (Lipinski definition) is 6. The van der Waals surface area contributed by atoms with Crippen molar-refractivity contribution >= 4 is 29.5 Å². The third-order valence-electron chi connectivity index (χ3n) is 5.59. The van der Waals surface area contributed by atoms with Crippen LogP contribution in [0.25, 0.3) is 0 Å². The van der Waals surface area contributed by atoms with Crippen molar-refractivity contribution in [2.75, 3.05) is 46.6 Å². The molecule has 2 N–H and O–H groups in total. The summed E-state index contributed by atoms with van der Waals surface area (Å²) in [4.78, 5) is 43.3. The van der Waals surface area contributed by atoms with Gasteiger partial charge in [0, 0.05) is 34.0 Å². The smallest absolute Gasteiger partial charge is 0.256 e. The molecule has 0 aliphatic rings. The summed E-state index contributed by atoms with van der Waals surface area (Å²) >= 11 is 1.44. The molecule has 0 radical (unpaired) electrons. The summed E-state index contributed by atoms with van der Waals surface area (Å²) in [5.41, 5.74) is 5.00. The van der Waals surface area contributed by atoms with E-state index in [1.54, 1.807) is 21.2 Å². The van der Waals surface area contributed by atoms with Crippen LogP contribution in [0.5, 0.6) is 0 Å². The van der Waals surface area contributed by atoms with E-state index in [4.69, 9.17) is 10.5 Å². The van der Waals surface area contributed by atoms with Crippen molar-refractivity contribution in [1.82, 2.24) is 14.7 Å². The fourth-order valence-corrected chi connectivity index (χ4v) is 4.37. The van der Waals surface area contributed by atoms with E-state index in [0.717, 1.165) is 31.8 Å². The number of nitrogens with two attached hydrogens (primary N) is 1. The number of hydrogen-bond donors (Lipinski definition) is 1. The van der Waals surface area contributed by atoms with Crippen molar-refractivity contribution in [2.24, 2.45) is 5.73 Å². The van der Waals surface area contributed by atoms with Crippen LogP contribution in [-0.4, -0.2) is 96.0 Å². The topological polar surface area (TPSA) is 96.2 Å². The maximum absolute atomic E-state index is 13.4. The number of likely N-dealkylation sites (N-methyl/N-ethyl adjacent to an activating group) is 2. The van der Waals surface area contributed by atoms with E-state index in [9.17, 15) is 14.4 Å². The second-order valence-electron chi connectivity index (χ2n) is 8.39. The molecule has 0 spiro atoms. The van der Waals surface area contributed by atoms with Gasteiger partial charge in [0.1, 0.15) is 6.04 Å². The highest BCUT2D eigenvalue weighted by Crippen LogP contribution is 2.24. The number of ether oxygens (including phenoxy) is 1. The minimum absolute atomic E-state index is 0.0849. The Hall–Kier alpha value is -1.32. The van der Waals surface area contributed by atoms with E-state index in [0.29, 0.717) is 12.8 Å². The molecule has 0 bridgehead atoms. The summed E-state index contributed by atoms with van der Waals surface area (Å²) in [5.74, 6) is -0.238. The molecule has 8 nitrogen and oxygen atoms in total. The molecule has 0 saturated carbocycles. The molecule has 182 valence electrons. The van der Waals surface area contributed by atoms with Crippen LogP contribution < -0.4 is 5.73 Å². The number of methoxy groups -OCH3 is 1. The molecule has 3 amide bonds. The predicted octanol–water partition coefficient (Wildman–Crippen LogP) is 2.16. The molecule has 9 heteroatoms. The van der Waals surface area contributed by atoms with E-state index in [-0.39, 0.29) is 18.2 Å². The van der Waals surface area contributed by atoms with Gasteiger partial charge in [-0.1, -0.05) is 20.8 Å². The maximum Gasteiger partial charge on any atom is 0.256 e. The van der Waals surface area contributed by atoms with Crippen LogP contribution in [0.2, 0.25) is 0 Å². The van der Waals surface area contributed by atoms with Gasteiger partial charge in [-0.15, -0.1) is 11.8 Å². The zero-order chi connectivity index (χ0) is 24.2. The first-order valence-electron chi connectivity index (χ1n) is 11.2. The standard InChI is InChI=1S/C22H44N4O4S/c1-9-13-18(27)25(7)21(31-15-12-14-26(10-2)11-3)20(29)24(6)17(19(23)28)16-22(4,5)30-8/h17,21H,9-16H2,1-8H3,(H2,23,28)/t17-,21+/m0/s1. The molecule has 0 aliphatic heterocycles. The van der Waals surface area contributed by atoms with Gasteiger partial charge in [0.2, 0.25) is 11.8 Å². The Balaban J connectivity index is 5.48. The second kappa shape index (κ2) is 14.7. The average Bonchev–Trinajstić information content (AvgIpc) is 2.73. The normalized spacial score (nSPS) is 13.7. The molecule has 31 heavy (non-hydrogen) atoms. The third-order valence-corrected chi connectivity index (χ3v) is 6.95. The highest BCUT2D eigenvalue weighted by Gasteiger charge is 2.37. The van der Waals surface area contributed by atoms with E-state index >= 15 is 0 Å². The van der Waals surface area contributed by atoms with Crippen molar-refractivity contribution in [1.29, 1.82) is 0 Å². The van der Waals surface area contributed by atoms with Gasteiger partial charge in [-0.05, 0) is 52.1 Å². The fourth-order valence-electron chi connectivity index (χ4n) is 3.20. The van der Waals surface area contributed by atoms with Crippen molar-refractivity contribution in [3.63, 3.8) is 0 Å². The molecule has 0 aromatic carbocycles. The largest absolute Gasteiger partial charge is 0.379 e. The first-order valence-corrected chi connectivity index (χ1v) is 12.2. The molecule has 0 heterocycles. The second-order valence-corrected chi connectivity index (χ2v) is 9.58. The first kappa shape index (κ1) is 29.7. The zero-order valence-corrected chi connectivity index (χ0v) is 21.6. The minimum Gasteiger partial charge on any atom is -0.379 e. The molecule has 0 aliphatic carbocycles. The molecule has 0 unspecified atom stereocenters. The van der Waals surface area contributed by atoms with E-state index < -0.39 is 22.9 Å². The summed E-state index contributed by atoms with van der Waals surface area (Å²) in [6, 6.07) is -0.823. The number of carbonyl (C=O) groups is 3.